The van der Waals surface area contributed by atoms with E-state index in [2.05, 4.69) is 38.5 Å². The molecule has 0 radical (unpaired) electrons. The Morgan fingerprint density at radius 3 is 1.88 bits per heavy atom. The summed E-state index contributed by atoms with van der Waals surface area (Å²) in [5.41, 5.74) is 1.38. The predicted molar refractivity (Wildman–Crippen MR) is 61.7 cm³/mol. The number of hydrogen-bond donors (Lipinski definition) is 0. The Bertz CT molecular complexity index is 295. The minimum absolute atomic E-state index is 0. The molecule has 1 aliphatic rings. The Kier molecular flexibility index (Phi) is 25.2. The topological polar surface area (TPSA) is 39.8 Å². The molecule has 86 valence electrons. The summed E-state index contributed by atoms with van der Waals surface area (Å²) in [4.78, 5) is 0. The van der Waals surface area contributed by atoms with E-state index in [4.69, 9.17) is 9.30 Å². The van der Waals surface area contributed by atoms with Crippen molar-refractivity contribution in [1.82, 2.24) is 0 Å². The van der Waals surface area contributed by atoms with Crippen LogP contribution in [0.15, 0.2) is 54.1 Å². The summed E-state index contributed by atoms with van der Waals surface area (Å²) in [7, 11) is 0. The maximum Gasteiger partial charge on any atom is 6.00 e. The van der Waals surface area contributed by atoms with Crippen molar-refractivity contribution in [3.8, 4) is 0 Å². The molecule has 0 aliphatic heterocycles. The van der Waals surface area contributed by atoms with Crippen LogP contribution in [0.5, 0.6) is 0 Å². The van der Waals surface area contributed by atoms with Gasteiger partial charge in [0.2, 0.25) is 0 Å². The van der Waals surface area contributed by atoms with Gasteiger partial charge < -0.3 is 6.92 Å². The molecule has 0 atom stereocenters. The van der Waals surface area contributed by atoms with E-state index in [1.54, 1.807) is 0 Å². The first-order valence-corrected chi connectivity index (χ1v) is 4.66. The van der Waals surface area contributed by atoms with E-state index in [1.165, 1.54) is 5.57 Å². The van der Waals surface area contributed by atoms with E-state index in [1.807, 2.05) is 30.3 Å². The van der Waals surface area contributed by atoms with Gasteiger partial charge in [0, 0.05) is 0 Å². The fraction of sp³-hybridized carbons (Fsp3) is 0.143. The van der Waals surface area contributed by atoms with E-state index in [9.17, 15) is 0 Å². The van der Waals surface area contributed by atoms with Gasteiger partial charge in [-0.15, -0.1) is 0 Å². The maximum absolute atomic E-state index is 7.50. The average molecular weight is 270 g/mol. The van der Waals surface area contributed by atoms with Crippen LogP contribution in [0.3, 0.4) is 0 Å². The van der Waals surface area contributed by atoms with Gasteiger partial charge in [0.1, 0.15) is 0 Å². The first-order valence-electron chi connectivity index (χ1n) is 4.66. The molecule has 0 spiro atoms. The van der Waals surface area contributed by atoms with E-state index in [0.29, 0.717) is 0 Å². The zero-order chi connectivity index (χ0) is 12.6. The maximum atomic E-state index is 7.50. The minimum Gasteiger partial charge on any atom is -0.339 e. The van der Waals surface area contributed by atoms with Crippen molar-refractivity contribution in [3.05, 3.63) is 74.4 Å². The van der Waals surface area contributed by atoms with Crippen molar-refractivity contribution in [2.45, 2.75) is 12.8 Å². The van der Waals surface area contributed by atoms with Gasteiger partial charge in [0.25, 0.3) is 0 Å². The molecule has 0 N–H and O–H groups in total. The summed E-state index contributed by atoms with van der Waals surface area (Å²) >= 11 is 0. The summed E-state index contributed by atoms with van der Waals surface area (Å²) in [5.74, 6) is 0. The van der Waals surface area contributed by atoms with Gasteiger partial charge in [-0.3, -0.25) is 0 Å². The molecule has 2 nitrogen and oxygen atoms in total. The molecule has 2 rings (SSSR count). The van der Waals surface area contributed by atoms with Crippen molar-refractivity contribution in [3.63, 3.8) is 0 Å². The van der Waals surface area contributed by atoms with Crippen molar-refractivity contribution in [2.75, 3.05) is 0 Å². The van der Waals surface area contributed by atoms with Gasteiger partial charge in [0.15, 0.2) is 0 Å². The number of allylic oxidation sites excluding steroid dienone is 4. The molecule has 0 heterocycles. The molecule has 3 heteroatoms. The van der Waals surface area contributed by atoms with Crippen LogP contribution < -0.4 is 0 Å². The van der Waals surface area contributed by atoms with Crippen LogP contribution in [0.1, 0.15) is 12.8 Å². The minimum atomic E-state index is 0. The molecule has 0 aromatic heterocycles. The normalized spacial score (nSPS) is 9.82. The summed E-state index contributed by atoms with van der Waals surface area (Å²) in [5, 5.41) is 0. The molecule has 0 saturated carbocycles. The fourth-order valence-corrected chi connectivity index (χ4v) is 1.01. The summed E-state index contributed by atoms with van der Waals surface area (Å²) in [6.07, 6.45) is 8.54. The van der Waals surface area contributed by atoms with E-state index < -0.39 is 0 Å². The Balaban J connectivity index is -0.000000175. The van der Waals surface area contributed by atoms with Crippen LogP contribution in [0.25, 0.3) is 0 Å². The average Bonchev–Trinajstić information content (AvgIpc) is 3.10. The van der Waals surface area contributed by atoms with Crippen LogP contribution in [0.2, 0.25) is 0 Å². The first kappa shape index (κ1) is 21.1. The Labute approximate surface area is 114 Å². The van der Waals surface area contributed by atoms with Gasteiger partial charge in [-0.25, -0.2) is 12.1 Å². The zero-order valence-electron chi connectivity index (χ0n) is 9.41. The van der Waals surface area contributed by atoms with Gasteiger partial charge in [0.05, 0.1) is 0 Å². The molecular weight excluding hydrogens is 256 g/mol. The van der Waals surface area contributed by atoms with Crippen molar-refractivity contribution in [1.29, 1.82) is 0 Å². The molecule has 0 fully saturated rings. The summed E-state index contributed by atoms with van der Waals surface area (Å²) in [6, 6.07) is 10.0. The van der Waals surface area contributed by atoms with Crippen molar-refractivity contribution >= 4 is 0 Å². The molecule has 0 amide bonds. The first-order chi connectivity index (χ1) is 7.93. The fourth-order valence-electron chi connectivity index (χ4n) is 1.01. The van der Waals surface area contributed by atoms with Gasteiger partial charge in [-0.1, -0.05) is 23.8 Å². The van der Waals surface area contributed by atoms with Crippen molar-refractivity contribution in [2.24, 2.45) is 0 Å². The third kappa shape index (κ3) is 14.8. The molecule has 1 aromatic rings. The number of rotatable bonds is 1. The monoisotopic (exact) mass is 270 g/mol. The predicted octanol–water partition coefficient (Wildman–Crippen LogP) is 3.42. The van der Waals surface area contributed by atoms with Gasteiger partial charge in [-0.05, 0) is 6.42 Å². The molecule has 1 aliphatic carbocycles. The standard InChI is InChI=1S/C7H9.C5H5.2CO.Fe/c1-2-7-5-3-4-6-7;1-2-4-5-3-1;2*1-2;/h3,5-6H,1-2,4H2;1-5H;;;/q2*-1;;;+6. The van der Waals surface area contributed by atoms with Gasteiger partial charge in [-0.2, -0.15) is 24.6 Å². The second kappa shape index (κ2) is 20.3. The SMILES string of the molecule is [C-]#[O+].[C-]#[O+].[CH2-]CC1=CCC=C1.[Fe+6].c1cc[cH-]c1. The van der Waals surface area contributed by atoms with E-state index >= 15 is 0 Å². The second-order valence-electron chi connectivity index (χ2n) is 2.63. The second-order valence-corrected chi connectivity index (χ2v) is 2.63. The van der Waals surface area contributed by atoms with E-state index in [-0.39, 0.29) is 17.1 Å². The third-order valence-corrected chi connectivity index (χ3v) is 1.69. The Morgan fingerprint density at radius 1 is 1.18 bits per heavy atom. The van der Waals surface area contributed by atoms with E-state index in [0.717, 1.165) is 12.8 Å². The van der Waals surface area contributed by atoms with Crippen LogP contribution in [0, 0.1) is 20.2 Å². The zero-order valence-corrected chi connectivity index (χ0v) is 10.5. The van der Waals surface area contributed by atoms with Crippen LogP contribution in [0.4, 0.5) is 0 Å². The smallest absolute Gasteiger partial charge is 0.339 e. The largest absolute Gasteiger partial charge is 6.00 e. The Hall–Kier alpha value is -1.17. The number of hydrogen-bond acceptors (Lipinski definition) is 0. The molecule has 0 saturated heterocycles. The third-order valence-electron chi connectivity index (χ3n) is 1.69. The van der Waals surface area contributed by atoms with Crippen LogP contribution >= 0.6 is 0 Å². The molecule has 1 aromatic carbocycles. The molecule has 17 heavy (non-hydrogen) atoms. The quantitative estimate of drug-likeness (QED) is 0.426. The van der Waals surface area contributed by atoms with Crippen molar-refractivity contribution < 1.29 is 26.4 Å². The van der Waals surface area contributed by atoms with Crippen LogP contribution in [-0.2, 0) is 26.4 Å². The summed E-state index contributed by atoms with van der Waals surface area (Å²) < 4.78 is 15.0. The van der Waals surface area contributed by atoms with Gasteiger partial charge >= 0.3 is 39.7 Å². The van der Waals surface area contributed by atoms with Crippen LogP contribution in [-0.4, -0.2) is 0 Å². The summed E-state index contributed by atoms with van der Waals surface area (Å²) in [6.45, 7) is 12.7. The molecule has 0 unspecified atom stereocenters. The molecular formula is C14H14FeO2+4. The Morgan fingerprint density at radius 2 is 1.71 bits per heavy atom. The molecule has 0 bridgehead atoms.